The number of nitrogens with zero attached hydrogens (tertiary/aromatic N) is 3. The Kier molecular flexibility index (Phi) is 4.94. The quantitative estimate of drug-likeness (QED) is 0.376. The molecule has 0 radical (unpaired) electrons. The molecular formula is C23H17F2N5O3S. The molecule has 0 spiro atoms. The molecule has 0 saturated carbocycles. The van der Waals surface area contributed by atoms with Crippen LogP contribution in [0.1, 0.15) is 5.69 Å². The van der Waals surface area contributed by atoms with E-state index in [1.807, 2.05) is 31.2 Å². The number of fused-ring (bicyclic) bond motifs is 2. The van der Waals surface area contributed by atoms with Gasteiger partial charge in [-0.2, -0.15) is 4.98 Å². The average Bonchev–Trinajstić information content (AvgIpc) is 3.15. The fourth-order valence-corrected chi connectivity index (χ4v) is 5.21. The maximum absolute atomic E-state index is 14.2. The van der Waals surface area contributed by atoms with Crippen LogP contribution in [-0.4, -0.2) is 27.9 Å². The van der Waals surface area contributed by atoms with Crippen molar-refractivity contribution in [3.8, 4) is 0 Å². The van der Waals surface area contributed by atoms with E-state index in [1.54, 1.807) is 0 Å². The van der Waals surface area contributed by atoms with Gasteiger partial charge in [0.1, 0.15) is 27.1 Å². The zero-order valence-corrected chi connectivity index (χ0v) is 18.7. The average molecular weight is 481 g/mol. The normalized spacial score (nSPS) is 11.9. The molecule has 0 fully saturated rings. The lowest BCUT2D eigenvalue weighted by Crippen LogP contribution is -2.25. The monoisotopic (exact) mass is 481 g/mol. The molecule has 2 N–H and O–H groups in total. The summed E-state index contributed by atoms with van der Waals surface area (Å²) in [4.78, 5) is 23.3. The summed E-state index contributed by atoms with van der Waals surface area (Å²) in [5.41, 5.74) is 2.01. The van der Waals surface area contributed by atoms with Crippen LogP contribution in [0, 0.1) is 18.6 Å². The second-order valence-corrected chi connectivity index (χ2v) is 9.69. The van der Waals surface area contributed by atoms with Gasteiger partial charge in [-0.15, -0.1) is 0 Å². The molecule has 0 atom stereocenters. The first-order valence-electron chi connectivity index (χ1n) is 10.1. The Hall–Kier alpha value is -4.12. The van der Waals surface area contributed by atoms with E-state index < -0.39 is 36.8 Å². The summed E-state index contributed by atoms with van der Waals surface area (Å²) in [6.07, 6.45) is 1.36. The minimum Gasteiger partial charge on any atom is -0.359 e. The van der Waals surface area contributed by atoms with Crippen LogP contribution in [0.25, 0.3) is 21.9 Å². The number of hydrogen-bond acceptors (Lipinski definition) is 6. The highest BCUT2D eigenvalue weighted by Gasteiger charge is 2.27. The molecular weight excluding hydrogens is 464 g/mol. The number of aryl methyl sites for hydroxylation is 2. The van der Waals surface area contributed by atoms with Gasteiger partial charge >= 0.3 is 0 Å². The van der Waals surface area contributed by atoms with Crippen molar-refractivity contribution >= 4 is 43.4 Å². The van der Waals surface area contributed by atoms with E-state index in [4.69, 9.17) is 0 Å². The number of anilines is 2. The number of halogens is 2. The van der Waals surface area contributed by atoms with Crippen molar-refractivity contribution < 1.29 is 17.2 Å². The second-order valence-electron chi connectivity index (χ2n) is 7.80. The van der Waals surface area contributed by atoms with Gasteiger partial charge in [0.15, 0.2) is 0 Å². The van der Waals surface area contributed by atoms with Gasteiger partial charge in [0.2, 0.25) is 15.8 Å². The fraction of sp³-hybridized carbons (Fsp3) is 0.0870. The van der Waals surface area contributed by atoms with Crippen LogP contribution in [0.15, 0.2) is 69.3 Å². The smallest absolute Gasteiger partial charge is 0.271 e. The van der Waals surface area contributed by atoms with Crippen LogP contribution < -0.4 is 10.9 Å². The second kappa shape index (κ2) is 7.73. The molecule has 172 valence electrons. The number of pyridine rings is 1. The third-order valence-electron chi connectivity index (χ3n) is 5.40. The molecule has 8 nitrogen and oxygen atoms in total. The summed E-state index contributed by atoms with van der Waals surface area (Å²) in [5, 5.41) is 4.33. The van der Waals surface area contributed by atoms with Gasteiger partial charge in [-0.05, 0) is 49.4 Å². The largest absolute Gasteiger partial charge is 0.359 e. The van der Waals surface area contributed by atoms with Crippen LogP contribution in [0.3, 0.4) is 0 Å². The fourth-order valence-electron chi connectivity index (χ4n) is 3.77. The molecule has 2 aromatic carbocycles. The molecule has 0 unspecified atom stereocenters. The van der Waals surface area contributed by atoms with Crippen molar-refractivity contribution in [1.29, 1.82) is 0 Å². The Labute approximate surface area is 191 Å². The van der Waals surface area contributed by atoms with Crippen LogP contribution in [0.4, 0.5) is 20.4 Å². The molecule has 5 aromatic rings. The summed E-state index contributed by atoms with van der Waals surface area (Å²) in [7, 11) is -3.20. The van der Waals surface area contributed by atoms with E-state index >= 15 is 0 Å². The third-order valence-corrected chi connectivity index (χ3v) is 7.18. The van der Waals surface area contributed by atoms with E-state index in [9.17, 15) is 22.0 Å². The number of benzene rings is 2. The lowest BCUT2D eigenvalue weighted by molar-refractivity contribution is 0.548. The lowest BCUT2D eigenvalue weighted by Gasteiger charge is -2.11. The standard InChI is InChI=1S/C23H17F2N5O3S/c1-12-7-13-8-16(4-5-18(13)27-12)28-23-26-11-14-9-20(22(31)30(2)21(14)29-23)34(32,33)19-6-3-15(24)10-17(19)25/h3-11,27H,1-2H3,(H,26,28,29). The number of H-pyrrole nitrogens is 1. The van der Waals surface area contributed by atoms with E-state index in [-0.39, 0.29) is 17.0 Å². The van der Waals surface area contributed by atoms with Crippen molar-refractivity contribution in [1.82, 2.24) is 19.5 Å². The highest BCUT2D eigenvalue weighted by molar-refractivity contribution is 7.91. The SMILES string of the molecule is Cc1cc2cc(Nc3ncc4cc(S(=O)(=O)c5ccc(F)cc5F)c(=O)n(C)c4n3)ccc2[nH]1. The van der Waals surface area contributed by atoms with Gasteiger partial charge < -0.3 is 10.3 Å². The summed E-state index contributed by atoms with van der Waals surface area (Å²) in [5.74, 6) is -2.01. The summed E-state index contributed by atoms with van der Waals surface area (Å²) < 4.78 is 54.4. The first-order valence-corrected chi connectivity index (χ1v) is 11.5. The molecule has 0 aliphatic rings. The van der Waals surface area contributed by atoms with Gasteiger partial charge in [-0.25, -0.2) is 22.2 Å². The Morgan fingerprint density at radius 2 is 1.79 bits per heavy atom. The summed E-state index contributed by atoms with van der Waals surface area (Å²) in [6.45, 7) is 1.96. The van der Waals surface area contributed by atoms with Gasteiger partial charge in [-0.3, -0.25) is 9.36 Å². The Balaban J connectivity index is 1.57. The van der Waals surface area contributed by atoms with Gasteiger partial charge in [-0.1, -0.05) is 0 Å². The van der Waals surface area contributed by atoms with Crippen molar-refractivity contribution in [2.45, 2.75) is 16.7 Å². The molecule has 0 bridgehead atoms. The van der Waals surface area contributed by atoms with Crippen molar-refractivity contribution in [2.75, 3.05) is 5.32 Å². The minimum atomic E-state index is -4.56. The maximum Gasteiger partial charge on any atom is 0.271 e. The molecule has 0 aliphatic heterocycles. The van der Waals surface area contributed by atoms with Crippen molar-refractivity contribution in [3.63, 3.8) is 0 Å². The third kappa shape index (κ3) is 3.59. The van der Waals surface area contributed by atoms with E-state index in [2.05, 4.69) is 20.3 Å². The highest BCUT2D eigenvalue weighted by Crippen LogP contribution is 2.25. The Bertz CT molecular complexity index is 1780. The molecule has 0 amide bonds. The highest BCUT2D eigenvalue weighted by atomic mass is 32.2. The number of sulfone groups is 1. The van der Waals surface area contributed by atoms with E-state index in [0.29, 0.717) is 6.07 Å². The number of aromatic nitrogens is 4. The van der Waals surface area contributed by atoms with Crippen LogP contribution >= 0.6 is 0 Å². The van der Waals surface area contributed by atoms with Crippen molar-refractivity contribution in [2.24, 2.45) is 7.05 Å². The number of rotatable bonds is 4. The number of hydrogen-bond donors (Lipinski definition) is 2. The van der Waals surface area contributed by atoms with E-state index in [1.165, 1.54) is 13.2 Å². The topological polar surface area (TPSA) is 110 Å². The number of nitrogens with one attached hydrogen (secondary N) is 2. The molecule has 0 aliphatic carbocycles. The predicted octanol–water partition coefficient (Wildman–Crippen LogP) is 3.97. The summed E-state index contributed by atoms with van der Waals surface area (Å²) in [6, 6.07) is 10.8. The van der Waals surface area contributed by atoms with Gasteiger partial charge in [0, 0.05) is 47.0 Å². The molecule has 34 heavy (non-hydrogen) atoms. The van der Waals surface area contributed by atoms with Crippen LogP contribution in [0.5, 0.6) is 0 Å². The lowest BCUT2D eigenvalue weighted by atomic mass is 10.2. The first kappa shape index (κ1) is 21.7. The maximum atomic E-state index is 14.2. The number of aromatic amines is 1. The summed E-state index contributed by atoms with van der Waals surface area (Å²) >= 11 is 0. The molecule has 3 heterocycles. The predicted molar refractivity (Wildman–Crippen MR) is 123 cm³/mol. The van der Waals surface area contributed by atoms with E-state index in [0.717, 1.165) is 45.1 Å². The van der Waals surface area contributed by atoms with Gasteiger partial charge in [0.25, 0.3) is 5.56 Å². The zero-order chi connectivity index (χ0) is 24.2. The van der Waals surface area contributed by atoms with Gasteiger partial charge in [0.05, 0.1) is 0 Å². The first-order chi connectivity index (χ1) is 16.1. The van der Waals surface area contributed by atoms with Crippen LogP contribution in [0.2, 0.25) is 0 Å². The molecule has 3 aromatic heterocycles. The minimum absolute atomic E-state index is 0.180. The zero-order valence-electron chi connectivity index (χ0n) is 17.9. The molecule has 0 saturated heterocycles. The van der Waals surface area contributed by atoms with Crippen molar-refractivity contribution in [3.05, 3.63) is 82.4 Å². The molecule has 5 rings (SSSR count). The molecule has 11 heteroatoms. The Morgan fingerprint density at radius 1 is 1.00 bits per heavy atom. The Morgan fingerprint density at radius 3 is 2.56 bits per heavy atom. The van der Waals surface area contributed by atoms with Crippen LogP contribution in [-0.2, 0) is 16.9 Å².